The van der Waals surface area contributed by atoms with E-state index < -0.39 is 0 Å². The van der Waals surface area contributed by atoms with Gasteiger partial charge in [-0.3, -0.25) is 15.5 Å². The van der Waals surface area contributed by atoms with Crippen LogP contribution in [0.2, 0.25) is 0 Å². The highest BCUT2D eigenvalue weighted by Gasteiger charge is 2.21. The Balaban J connectivity index is 1.51. The van der Waals surface area contributed by atoms with Crippen molar-refractivity contribution in [1.29, 1.82) is 0 Å². The van der Waals surface area contributed by atoms with Crippen LogP contribution in [-0.4, -0.2) is 42.4 Å². The predicted molar refractivity (Wildman–Crippen MR) is 107 cm³/mol. The molecule has 0 saturated carbocycles. The molecule has 2 heterocycles. The van der Waals surface area contributed by atoms with Crippen molar-refractivity contribution in [1.82, 2.24) is 4.98 Å². The first-order valence-corrected chi connectivity index (χ1v) is 9.28. The first-order valence-electron chi connectivity index (χ1n) is 8.46. The number of nitro benzene ring substituents is 1. The highest BCUT2D eigenvalue weighted by molar-refractivity contribution is 7.22. The van der Waals surface area contributed by atoms with Gasteiger partial charge >= 0.3 is 0 Å². The van der Waals surface area contributed by atoms with Gasteiger partial charge in [-0.1, -0.05) is 29.5 Å². The van der Waals surface area contributed by atoms with E-state index in [4.69, 9.17) is 4.74 Å². The van der Waals surface area contributed by atoms with Crippen molar-refractivity contribution in [2.75, 3.05) is 36.6 Å². The molecule has 0 atom stereocenters. The summed E-state index contributed by atoms with van der Waals surface area (Å²) in [5.74, 6) is 0. The molecule has 1 aliphatic rings. The third-order valence-electron chi connectivity index (χ3n) is 4.22. The van der Waals surface area contributed by atoms with Crippen LogP contribution < -0.4 is 10.3 Å². The Labute approximate surface area is 159 Å². The lowest BCUT2D eigenvalue weighted by Gasteiger charge is -2.28. The number of nitrogens with zero attached hydrogens (tertiary/aromatic N) is 4. The van der Waals surface area contributed by atoms with Crippen molar-refractivity contribution < 1.29 is 9.66 Å². The van der Waals surface area contributed by atoms with Gasteiger partial charge in [-0.2, -0.15) is 5.10 Å². The second-order valence-corrected chi connectivity index (χ2v) is 6.99. The number of ether oxygens (including phenoxy) is 1. The van der Waals surface area contributed by atoms with Gasteiger partial charge in [0.2, 0.25) is 5.13 Å². The number of hydrazone groups is 1. The standard InChI is InChI=1S/C18H17N5O3S/c24-23(25)16-11-13(5-6-15(16)22-7-9-26-10-8-22)12-19-21-18-20-14-3-1-2-4-17(14)27-18/h1-6,11-12H,7-10H2,(H,20,21). The number of benzene rings is 2. The number of fused-ring (bicyclic) bond motifs is 1. The van der Waals surface area contributed by atoms with Gasteiger partial charge < -0.3 is 9.64 Å². The Bertz CT molecular complexity index is 965. The van der Waals surface area contributed by atoms with Gasteiger partial charge in [0.25, 0.3) is 5.69 Å². The molecule has 1 aromatic heterocycles. The molecule has 9 heteroatoms. The van der Waals surface area contributed by atoms with Gasteiger partial charge in [0, 0.05) is 24.7 Å². The van der Waals surface area contributed by atoms with E-state index in [-0.39, 0.29) is 10.6 Å². The normalized spacial score (nSPS) is 14.7. The highest BCUT2D eigenvalue weighted by atomic mass is 32.1. The second-order valence-electron chi connectivity index (χ2n) is 5.96. The summed E-state index contributed by atoms with van der Waals surface area (Å²) in [4.78, 5) is 17.5. The summed E-state index contributed by atoms with van der Waals surface area (Å²) in [6.45, 7) is 2.44. The van der Waals surface area contributed by atoms with Crippen LogP contribution in [0.15, 0.2) is 47.6 Å². The Kier molecular flexibility index (Phi) is 4.95. The molecule has 0 bridgehead atoms. The molecule has 1 fully saturated rings. The summed E-state index contributed by atoms with van der Waals surface area (Å²) < 4.78 is 6.39. The molecule has 0 spiro atoms. The number of rotatable bonds is 5. The van der Waals surface area contributed by atoms with Gasteiger partial charge in [0.15, 0.2) is 0 Å². The largest absolute Gasteiger partial charge is 0.378 e. The van der Waals surface area contributed by atoms with Crippen LogP contribution in [0.1, 0.15) is 5.56 Å². The van der Waals surface area contributed by atoms with Crippen LogP contribution in [0.4, 0.5) is 16.5 Å². The molecule has 0 amide bonds. The van der Waals surface area contributed by atoms with Crippen molar-refractivity contribution in [3.63, 3.8) is 0 Å². The van der Waals surface area contributed by atoms with Crippen molar-refractivity contribution in [2.45, 2.75) is 0 Å². The summed E-state index contributed by atoms with van der Waals surface area (Å²) in [5.41, 5.74) is 5.12. The fourth-order valence-electron chi connectivity index (χ4n) is 2.92. The number of nitro groups is 1. The molecule has 1 N–H and O–H groups in total. The Morgan fingerprint density at radius 2 is 2.07 bits per heavy atom. The second kappa shape index (κ2) is 7.68. The van der Waals surface area contributed by atoms with Gasteiger partial charge in [-0.25, -0.2) is 4.98 Å². The lowest BCUT2D eigenvalue weighted by Crippen LogP contribution is -2.36. The Morgan fingerprint density at radius 1 is 1.26 bits per heavy atom. The van der Waals surface area contributed by atoms with E-state index in [0.29, 0.717) is 42.7 Å². The van der Waals surface area contributed by atoms with Crippen LogP contribution in [0.3, 0.4) is 0 Å². The van der Waals surface area contributed by atoms with E-state index >= 15 is 0 Å². The van der Waals surface area contributed by atoms with E-state index in [0.717, 1.165) is 10.2 Å². The van der Waals surface area contributed by atoms with E-state index in [2.05, 4.69) is 15.5 Å². The number of para-hydroxylation sites is 1. The molecule has 138 valence electrons. The minimum Gasteiger partial charge on any atom is -0.378 e. The van der Waals surface area contributed by atoms with Crippen molar-refractivity contribution >= 4 is 44.3 Å². The zero-order valence-electron chi connectivity index (χ0n) is 14.4. The molecule has 0 aliphatic carbocycles. The van der Waals surface area contributed by atoms with Crippen molar-refractivity contribution in [2.24, 2.45) is 5.10 Å². The smallest absolute Gasteiger partial charge is 0.293 e. The average Bonchev–Trinajstić information content (AvgIpc) is 3.11. The van der Waals surface area contributed by atoms with Crippen LogP contribution in [0.5, 0.6) is 0 Å². The maximum atomic E-state index is 11.5. The molecule has 1 aliphatic heterocycles. The maximum Gasteiger partial charge on any atom is 0.293 e. The molecule has 27 heavy (non-hydrogen) atoms. The first-order chi connectivity index (χ1) is 13.2. The SMILES string of the molecule is O=[N+]([O-])c1cc(C=NNc2nc3ccccc3s2)ccc1N1CCOCC1. The van der Waals surface area contributed by atoms with Gasteiger partial charge in [0.1, 0.15) is 5.69 Å². The first kappa shape index (κ1) is 17.4. The third-order valence-corrected chi connectivity index (χ3v) is 5.16. The van der Waals surface area contributed by atoms with Gasteiger partial charge in [0.05, 0.1) is 34.6 Å². The maximum absolute atomic E-state index is 11.5. The van der Waals surface area contributed by atoms with Crippen molar-refractivity contribution in [3.8, 4) is 0 Å². The molecule has 8 nitrogen and oxygen atoms in total. The van der Waals surface area contributed by atoms with E-state index in [9.17, 15) is 10.1 Å². The molecular formula is C18H17N5O3S. The summed E-state index contributed by atoms with van der Waals surface area (Å²) in [6.07, 6.45) is 1.56. The number of nitrogens with one attached hydrogen (secondary N) is 1. The minimum atomic E-state index is -0.358. The van der Waals surface area contributed by atoms with Crippen LogP contribution in [0, 0.1) is 10.1 Å². The van der Waals surface area contributed by atoms with Crippen LogP contribution >= 0.6 is 11.3 Å². The highest BCUT2D eigenvalue weighted by Crippen LogP contribution is 2.29. The number of aromatic nitrogens is 1. The van der Waals surface area contributed by atoms with Crippen LogP contribution in [0.25, 0.3) is 10.2 Å². The molecule has 2 aromatic carbocycles. The number of anilines is 2. The number of thiazole rings is 1. The minimum absolute atomic E-state index is 0.0702. The number of hydrogen-bond donors (Lipinski definition) is 1. The number of hydrogen-bond acceptors (Lipinski definition) is 8. The summed E-state index contributed by atoms with van der Waals surface area (Å²) >= 11 is 1.50. The lowest BCUT2D eigenvalue weighted by molar-refractivity contribution is -0.384. The molecular weight excluding hydrogens is 366 g/mol. The topological polar surface area (TPSA) is 92.9 Å². The Hall–Kier alpha value is -3.04. The molecule has 3 aromatic rings. The lowest BCUT2D eigenvalue weighted by atomic mass is 10.1. The molecule has 1 saturated heterocycles. The molecule has 0 unspecified atom stereocenters. The van der Waals surface area contributed by atoms with E-state index in [1.54, 1.807) is 12.3 Å². The van der Waals surface area contributed by atoms with Gasteiger partial charge in [-0.15, -0.1) is 0 Å². The third kappa shape index (κ3) is 3.88. The van der Waals surface area contributed by atoms with E-state index in [1.807, 2.05) is 35.2 Å². The van der Waals surface area contributed by atoms with E-state index in [1.165, 1.54) is 17.4 Å². The predicted octanol–water partition coefficient (Wildman–Crippen LogP) is 3.49. The quantitative estimate of drug-likeness (QED) is 0.412. The zero-order valence-corrected chi connectivity index (χ0v) is 15.2. The fourth-order valence-corrected chi connectivity index (χ4v) is 3.74. The Morgan fingerprint density at radius 3 is 2.85 bits per heavy atom. The summed E-state index contributed by atoms with van der Waals surface area (Å²) in [7, 11) is 0. The van der Waals surface area contributed by atoms with Gasteiger partial charge in [-0.05, 0) is 18.2 Å². The molecule has 0 radical (unpaired) electrons. The zero-order chi connectivity index (χ0) is 18.6. The fraction of sp³-hybridized carbons (Fsp3) is 0.222. The van der Waals surface area contributed by atoms with Crippen molar-refractivity contribution in [3.05, 3.63) is 58.1 Å². The average molecular weight is 383 g/mol. The van der Waals surface area contributed by atoms with Crippen LogP contribution in [-0.2, 0) is 4.74 Å². The monoisotopic (exact) mass is 383 g/mol. The summed E-state index contributed by atoms with van der Waals surface area (Å²) in [6, 6.07) is 13.0. The summed E-state index contributed by atoms with van der Waals surface area (Å²) in [5, 5.41) is 16.3. The molecule has 4 rings (SSSR count). The number of morpholine rings is 1.